The fourth-order valence-corrected chi connectivity index (χ4v) is 1.64. The maximum atomic E-state index is 8.60. The summed E-state index contributed by atoms with van der Waals surface area (Å²) in [5, 5.41) is 13.3. The van der Waals surface area contributed by atoms with E-state index >= 15 is 0 Å². The number of aliphatic hydroxyl groups excluding tert-OH is 1. The largest absolute Gasteiger partial charge is 0.396 e. The molecule has 0 amide bonds. The molecule has 0 fully saturated rings. The first-order valence-electron chi connectivity index (χ1n) is 4.99. The zero-order chi connectivity index (χ0) is 11.1. The van der Waals surface area contributed by atoms with Crippen molar-refractivity contribution in [1.29, 1.82) is 0 Å². The second-order valence-corrected chi connectivity index (χ2v) is 4.19. The first kappa shape index (κ1) is 12.8. The molecule has 15 heavy (non-hydrogen) atoms. The summed E-state index contributed by atoms with van der Waals surface area (Å²) in [6.45, 7) is 1.84. The highest BCUT2D eigenvalue weighted by atomic mass is 35.5. The van der Waals surface area contributed by atoms with Crippen LogP contribution in [-0.4, -0.2) is 18.3 Å². The van der Waals surface area contributed by atoms with Crippen LogP contribution in [0.15, 0.2) is 18.2 Å². The molecule has 1 rings (SSSR count). The van der Waals surface area contributed by atoms with E-state index in [1.807, 2.05) is 6.07 Å². The fraction of sp³-hybridized carbons (Fsp3) is 0.455. The molecule has 1 aromatic rings. The average Bonchev–Trinajstić information content (AvgIpc) is 2.23. The summed E-state index contributed by atoms with van der Waals surface area (Å²) in [6.07, 6.45) is 1.80. The third kappa shape index (κ3) is 4.85. The summed E-state index contributed by atoms with van der Waals surface area (Å²) in [5.74, 6) is 0. The maximum Gasteiger partial charge on any atom is 0.0451 e. The number of benzene rings is 1. The lowest BCUT2D eigenvalue weighted by Crippen LogP contribution is -2.15. The van der Waals surface area contributed by atoms with E-state index in [0.29, 0.717) is 11.6 Å². The van der Waals surface area contributed by atoms with Gasteiger partial charge < -0.3 is 10.4 Å². The Bertz CT molecular complexity index is 305. The van der Waals surface area contributed by atoms with E-state index in [-0.39, 0.29) is 6.61 Å². The Balaban J connectivity index is 2.33. The summed E-state index contributed by atoms with van der Waals surface area (Å²) >= 11 is 11.9. The predicted octanol–water partition coefficient (Wildman–Crippen LogP) is 2.86. The van der Waals surface area contributed by atoms with Crippen LogP contribution in [0.25, 0.3) is 0 Å². The molecule has 0 unspecified atom stereocenters. The van der Waals surface area contributed by atoms with E-state index in [2.05, 4.69) is 5.32 Å². The zero-order valence-corrected chi connectivity index (χ0v) is 9.98. The van der Waals surface area contributed by atoms with Crippen LogP contribution < -0.4 is 5.32 Å². The Morgan fingerprint density at radius 2 is 2.00 bits per heavy atom. The van der Waals surface area contributed by atoms with Gasteiger partial charge in [0.15, 0.2) is 0 Å². The van der Waals surface area contributed by atoms with Gasteiger partial charge in [0, 0.05) is 23.2 Å². The molecule has 0 atom stereocenters. The zero-order valence-electron chi connectivity index (χ0n) is 8.47. The number of hydrogen-bond acceptors (Lipinski definition) is 2. The van der Waals surface area contributed by atoms with Gasteiger partial charge >= 0.3 is 0 Å². The Morgan fingerprint density at radius 1 is 1.20 bits per heavy atom. The van der Waals surface area contributed by atoms with Crippen LogP contribution in [0.4, 0.5) is 0 Å². The highest BCUT2D eigenvalue weighted by Crippen LogP contribution is 2.20. The summed E-state index contributed by atoms with van der Waals surface area (Å²) in [6, 6.07) is 5.44. The summed E-state index contributed by atoms with van der Waals surface area (Å²) in [5.41, 5.74) is 1.01. The quantitative estimate of drug-likeness (QED) is 0.759. The second-order valence-electron chi connectivity index (χ2n) is 3.34. The molecule has 0 aliphatic heterocycles. The van der Waals surface area contributed by atoms with Crippen molar-refractivity contribution < 1.29 is 5.11 Å². The van der Waals surface area contributed by atoms with Crippen molar-refractivity contribution in [3.63, 3.8) is 0 Å². The van der Waals surface area contributed by atoms with Crippen molar-refractivity contribution >= 4 is 23.2 Å². The molecule has 0 spiro atoms. The highest BCUT2D eigenvalue weighted by Gasteiger charge is 2.00. The maximum absolute atomic E-state index is 8.60. The van der Waals surface area contributed by atoms with Crippen LogP contribution in [0.1, 0.15) is 18.4 Å². The van der Waals surface area contributed by atoms with Crippen molar-refractivity contribution in [2.45, 2.75) is 19.4 Å². The van der Waals surface area contributed by atoms with Crippen molar-refractivity contribution in [1.82, 2.24) is 5.32 Å². The number of halogens is 2. The molecular formula is C11H15Cl2NO. The van der Waals surface area contributed by atoms with Crippen molar-refractivity contribution in [3.8, 4) is 0 Å². The van der Waals surface area contributed by atoms with Crippen LogP contribution >= 0.6 is 23.2 Å². The Kier molecular flexibility index (Phi) is 6.03. The van der Waals surface area contributed by atoms with Crippen molar-refractivity contribution in [3.05, 3.63) is 33.8 Å². The van der Waals surface area contributed by atoms with E-state index in [1.54, 1.807) is 12.1 Å². The molecule has 2 nitrogen and oxygen atoms in total. The number of hydrogen-bond donors (Lipinski definition) is 2. The third-order valence-electron chi connectivity index (χ3n) is 2.08. The topological polar surface area (TPSA) is 32.3 Å². The first-order chi connectivity index (χ1) is 7.24. The lowest BCUT2D eigenvalue weighted by molar-refractivity contribution is 0.283. The van der Waals surface area contributed by atoms with E-state index in [9.17, 15) is 0 Å². The standard InChI is InChI=1S/C11H15Cl2NO/c12-10-3-4-11(13)9(7-10)8-14-5-1-2-6-15/h3-4,7,14-15H,1-2,5-6,8H2. The van der Waals surface area contributed by atoms with Crippen LogP contribution in [0.5, 0.6) is 0 Å². The minimum atomic E-state index is 0.250. The van der Waals surface area contributed by atoms with Gasteiger partial charge in [0.25, 0.3) is 0 Å². The molecule has 0 bridgehead atoms. The van der Waals surface area contributed by atoms with Gasteiger partial charge in [-0.25, -0.2) is 0 Å². The number of aliphatic hydroxyl groups is 1. The van der Waals surface area contributed by atoms with Gasteiger partial charge in [-0.15, -0.1) is 0 Å². The molecule has 0 saturated heterocycles. The smallest absolute Gasteiger partial charge is 0.0451 e. The summed E-state index contributed by atoms with van der Waals surface area (Å²) < 4.78 is 0. The van der Waals surface area contributed by atoms with Gasteiger partial charge in [-0.05, 0) is 43.1 Å². The van der Waals surface area contributed by atoms with Gasteiger partial charge in [-0.1, -0.05) is 23.2 Å². The van der Waals surface area contributed by atoms with Crippen LogP contribution in [0.3, 0.4) is 0 Å². The molecule has 0 aliphatic carbocycles. The number of rotatable bonds is 6. The Labute approximate surface area is 100 Å². The van der Waals surface area contributed by atoms with Crippen molar-refractivity contribution in [2.75, 3.05) is 13.2 Å². The van der Waals surface area contributed by atoms with Gasteiger partial charge in [-0.2, -0.15) is 0 Å². The third-order valence-corrected chi connectivity index (χ3v) is 2.69. The molecule has 84 valence electrons. The monoisotopic (exact) mass is 247 g/mol. The van der Waals surface area contributed by atoms with E-state index < -0.39 is 0 Å². The molecule has 0 aromatic heterocycles. The lowest BCUT2D eigenvalue weighted by Gasteiger charge is -2.06. The summed E-state index contributed by atoms with van der Waals surface area (Å²) in [7, 11) is 0. The lowest BCUT2D eigenvalue weighted by atomic mass is 10.2. The van der Waals surface area contributed by atoms with Crippen LogP contribution in [0, 0.1) is 0 Å². The van der Waals surface area contributed by atoms with Gasteiger partial charge in [-0.3, -0.25) is 0 Å². The fourth-order valence-electron chi connectivity index (χ4n) is 1.26. The van der Waals surface area contributed by atoms with E-state index in [4.69, 9.17) is 28.3 Å². The Morgan fingerprint density at radius 3 is 2.73 bits per heavy atom. The van der Waals surface area contributed by atoms with Crippen LogP contribution in [-0.2, 0) is 6.54 Å². The van der Waals surface area contributed by atoms with Crippen LogP contribution in [0.2, 0.25) is 10.0 Å². The van der Waals surface area contributed by atoms with Gasteiger partial charge in [0.1, 0.15) is 0 Å². The van der Waals surface area contributed by atoms with Gasteiger partial charge in [0.2, 0.25) is 0 Å². The highest BCUT2D eigenvalue weighted by molar-refractivity contribution is 6.33. The van der Waals surface area contributed by atoms with Crippen molar-refractivity contribution in [2.24, 2.45) is 0 Å². The minimum Gasteiger partial charge on any atom is -0.396 e. The summed E-state index contributed by atoms with van der Waals surface area (Å²) in [4.78, 5) is 0. The molecular weight excluding hydrogens is 233 g/mol. The second kappa shape index (κ2) is 7.07. The van der Waals surface area contributed by atoms with E-state index in [0.717, 1.165) is 30.0 Å². The molecule has 4 heteroatoms. The molecule has 0 saturated carbocycles. The Hall–Kier alpha value is -0.280. The molecule has 0 aliphatic rings. The molecule has 0 heterocycles. The normalized spacial score (nSPS) is 10.6. The SMILES string of the molecule is OCCCCNCc1cc(Cl)ccc1Cl. The molecule has 1 aromatic carbocycles. The molecule has 0 radical (unpaired) electrons. The first-order valence-corrected chi connectivity index (χ1v) is 5.75. The number of nitrogens with one attached hydrogen (secondary N) is 1. The average molecular weight is 248 g/mol. The predicted molar refractivity (Wildman–Crippen MR) is 64.5 cm³/mol. The number of unbranched alkanes of at least 4 members (excludes halogenated alkanes) is 1. The minimum absolute atomic E-state index is 0.250. The van der Waals surface area contributed by atoms with Gasteiger partial charge in [0.05, 0.1) is 0 Å². The van der Waals surface area contributed by atoms with E-state index in [1.165, 1.54) is 0 Å². The molecule has 2 N–H and O–H groups in total.